The zero-order valence-corrected chi connectivity index (χ0v) is 17.6. The minimum atomic E-state index is -2.40. The molecule has 1 saturated heterocycles. The average molecular weight is 409 g/mol. The van der Waals surface area contributed by atoms with Gasteiger partial charge in [-0.05, 0) is 26.0 Å². The normalized spacial score (nSPS) is 20.3. The number of hydrogen-bond donors (Lipinski definition) is 3. The van der Waals surface area contributed by atoms with E-state index in [2.05, 4.69) is 0 Å². The Morgan fingerprint density at radius 3 is 2.38 bits per heavy atom. The lowest BCUT2D eigenvalue weighted by Gasteiger charge is -2.44. The molecule has 29 heavy (non-hydrogen) atoms. The molecule has 0 aromatic heterocycles. The molecule has 3 N–H and O–H groups in total. The van der Waals surface area contributed by atoms with E-state index in [-0.39, 0.29) is 19.8 Å². The second-order valence-corrected chi connectivity index (χ2v) is 8.94. The van der Waals surface area contributed by atoms with Crippen molar-refractivity contribution in [1.82, 2.24) is 0 Å². The molecule has 1 aromatic carbocycles. The highest BCUT2D eigenvalue weighted by Crippen LogP contribution is 2.39. The van der Waals surface area contributed by atoms with Crippen LogP contribution in [0.4, 0.5) is 5.69 Å². The zero-order chi connectivity index (χ0) is 22.0. The van der Waals surface area contributed by atoms with Crippen LogP contribution in [-0.4, -0.2) is 64.3 Å². The summed E-state index contributed by atoms with van der Waals surface area (Å²) in [6.07, 6.45) is -1.16. The largest absolute Gasteiger partial charge is 0.491 e. The number of ether oxygens (including phenoxy) is 2. The molecule has 2 rings (SSSR count). The number of morpholine rings is 1. The molecule has 2 atom stereocenters. The molecule has 0 aliphatic carbocycles. The van der Waals surface area contributed by atoms with Gasteiger partial charge >= 0.3 is 5.97 Å². The van der Waals surface area contributed by atoms with Crippen LogP contribution >= 0.6 is 0 Å². The Hall–Kier alpha value is -2.16. The lowest BCUT2D eigenvalue weighted by atomic mass is 9.72. The molecular weight excluding hydrogens is 378 g/mol. The number of carboxylic acid groups (broad SMARTS) is 1. The van der Waals surface area contributed by atoms with Gasteiger partial charge in [0.25, 0.3) is 5.91 Å². The molecule has 8 heteroatoms. The highest BCUT2D eigenvalue weighted by molar-refractivity contribution is 6.02. The van der Waals surface area contributed by atoms with Gasteiger partial charge in [-0.3, -0.25) is 4.79 Å². The number of benzene rings is 1. The molecule has 1 fully saturated rings. The summed E-state index contributed by atoms with van der Waals surface area (Å²) in [5.74, 6) is -1.73. The van der Waals surface area contributed by atoms with E-state index in [1.807, 2.05) is 0 Å². The fourth-order valence-electron chi connectivity index (χ4n) is 3.16. The maximum Gasteiger partial charge on any atom is 0.339 e. The standard InChI is InChI=1S/C21H31NO7/c1-19(2,3)21(27,18(24)25)16-17(23)22(11-13-29-16)14-8-6-7-9-15(14)28-12-10-20(4,5)26/h6-9,16,26-27H,10-13H2,1-5H3,(H,24,25)/t16-,21+/m0/s1. The van der Waals surface area contributed by atoms with Gasteiger partial charge < -0.3 is 29.7 Å². The van der Waals surface area contributed by atoms with E-state index >= 15 is 0 Å². The molecule has 0 bridgehead atoms. The molecule has 1 heterocycles. The smallest absolute Gasteiger partial charge is 0.339 e. The van der Waals surface area contributed by atoms with Gasteiger partial charge in [-0.15, -0.1) is 0 Å². The SMILES string of the molecule is CC(C)(O)CCOc1ccccc1N1CCO[C@H]([C@@](O)(C(=O)O)C(C)(C)C)C1=O. The van der Waals surface area contributed by atoms with E-state index in [4.69, 9.17) is 9.47 Å². The summed E-state index contributed by atoms with van der Waals surface area (Å²) >= 11 is 0. The van der Waals surface area contributed by atoms with Crippen molar-refractivity contribution in [3.63, 3.8) is 0 Å². The first-order valence-corrected chi connectivity index (χ1v) is 9.62. The molecule has 0 spiro atoms. The first-order chi connectivity index (χ1) is 13.3. The summed E-state index contributed by atoms with van der Waals surface area (Å²) in [5, 5.41) is 30.5. The van der Waals surface area contributed by atoms with Gasteiger partial charge in [0, 0.05) is 18.4 Å². The van der Waals surface area contributed by atoms with E-state index in [1.54, 1.807) is 58.9 Å². The molecule has 0 radical (unpaired) electrons. The van der Waals surface area contributed by atoms with Crippen molar-refractivity contribution < 1.29 is 34.4 Å². The van der Waals surface area contributed by atoms with Crippen LogP contribution in [0, 0.1) is 5.41 Å². The number of para-hydroxylation sites is 2. The van der Waals surface area contributed by atoms with Crippen molar-refractivity contribution >= 4 is 17.6 Å². The fraction of sp³-hybridized carbons (Fsp3) is 0.619. The summed E-state index contributed by atoms with van der Waals surface area (Å²) in [6.45, 7) is 8.50. The first kappa shape index (κ1) is 23.1. The third-order valence-corrected chi connectivity index (χ3v) is 5.07. The Labute approximate surface area is 171 Å². The van der Waals surface area contributed by atoms with Gasteiger partial charge in [0.2, 0.25) is 5.60 Å². The quantitative estimate of drug-likeness (QED) is 0.629. The van der Waals surface area contributed by atoms with Gasteiger partial charge in [0.15, 0.2) is 6.10 Å². The lowest BCUT2D eigenvalue weighted by Crippen LogP contribution is -2.66. The minimum Gasteiger partial charge on any atom is -0.491 e. The van der Waals surface area contributed by atoms with Crippen LogP contribution in [0.2, 0.25) is 0 Å². The van der Waals surface area contributed by atoms with E-state index in [0.717, 1.165) is 0 Å². The number of carboxylic acids is 1. The fourth-order valence-corrected chi connectivity index (χ4v) is 3.16. The Morgan fingerprint density at radius 1 is 1.21 bits per heavy atom. The van der Waals surface area contributed by atoms with Gasteiger partial charge in [0.05, 0.1) is 24.5 Å². The second-order valence-electron chi connectivity index (χ2n) is 8.94. The van der Waals surface area contributed by atoms with Crippen molar-refractivity contribution in [1.29, 1.82) is 0 Å². The number of rotatable bonds is 7. The summed E-state index contributed by atoms with van der Waals surface area (Å²) in [4.78, 5) is 26.5. The third-order valence-electron chi connectivity index (χ3n) is 5.07. The van der Waals surface area contributed by atoms with E-state index in [0.29, 0.717) is 17.9 Å². The van der Waals surface area contributed by atoms with Crippen LogP contribution in [-0.2, 0) is 14.3 Å². The number of carbonyl (C=O) groups is 2. The minimum absolute atomic E-state index is 0.0695. The third kappa shape index (κ3) is 4.88. The molecule has 1 aromatic rings. The molecule has 8 nitrogen and oxygen atoms in total. The number of nitrogens with zero attached hydrogens (tertiary/aromatic N) is 1. The topological polar surface area (TPSA) is 117 Å². The highest BCUT2D eigenvalue weighted by atomic mass is 16.5. The summed E-state index contributed by atoms with van der Waals surface area (Å²) in [7, 11) is 0. The van der Waals surface area contributed by atoms with Gasteiger partial charge in [-0.25, -0.2) is 4.79 Å². The maximum absolute atomic E-state index is 13.2. The molecular formula is C21H31NO7. The van der Waals surface area contributed by atoms with Crippen molar-refractivity contribution in [2.24, 2.45) is 5.41 Å². The number of aliphatic carboxylic acids is 1. The second kappa shape index (κ2) is 8.30. The molecule has 1 aliphatic rings. The Bertz CT molecular complexity index is 750. The average Bonchev–Trinajstić information content (AvgIpc) is 2.59. The lowest BCUT2D eigenvalue weighted by molar-refractivity contribution is -0.203. The van der Waals surface area contributed by atoms with Crippen molar-refractivity contribution in [3.8, 4) is 5.75 Å². The summed E-state index contributed by atoms with van der Waals surface area (Å²) < 4.78 is 11.2. The van der Waals surface area contributed by atoms with Crippen LogP contribution in [0.5, 0.6) is 5.75 Å². The Balaban J connectivity index is 2.33. The van der Waals surface area contributed by atoms with Crippen molar-refractivity contribution in [2.75, 3.05) is 24.7 Å². The Morgan fingerprint density at radius 2 is 1.83 bits per heavy atom. The predicted octanol–water partition coefficient (Wildman–Crippen LogP) is 1.82. The van der Waals surface area contributed by atoms with Crippen LogP contribution in [0.1, 0.15) is 41.0 Å². The zero-order valence-electron chi connectivity index (χ0n) is 17.6. The van der Waals surface area contributed by atoms with Crippen LogP contribution in [0.3, 0.4) is 0 Å². The molecule has 0 saturated carbocycles. The van der Waals surface area contributed by atoms with Gasteiger partial charge in [-0.1, -0.05) is 32.9 Å². The van der Waals surface area contributed by atoms with Gasteiger partial charge in [-0.2, -0.15) is 0 Å². The number of aliphatic hydroxyl groups is 2. The Kier molecular flexibility index (Phi) is 6.61. The summed E-state index contributed by atoms with van der Waals surface area (Å²) in [6, 6.07) is 6.89. The monoisotopic (exact) mass is 409 g/mol. The van der Waals surface area contributed by atoms with Crippen LogP contribution in [0.25, 0.3) is 0 Å². The predicted molar refractivity (Wildman–Crippen MR) is 107 cm³/mol. The van der Waals surface area contributed by atoms with Crippen LogP contribution < -0.4 is 9.64 Å². The number of hydrogen-bond acceptors (Lipinski definition) is 6. The van der Waals surface area contributed by atoms with Crippen LogP contribution in [0.15, 0.2) is 24.3 Å². The maximum atomic E-state index is 13.2. The molecule has 1 amide bonds. The number of carbonyl (C=O) groups excluding carboxylic acids is 1. The number of amides is 1. The molecule has 0 unspecified atom stereocenters. The molecule has 1 aliphatic heterocycles. The molecule has 162 valence electrons. The van der Waals surface area contributed by atoms with Crippen molar-refractivity contribution in [2.45, 2.75) is 58.3 Å². The van der Waals surface area contributed by atoms with E-state index in [9.17, 15) is 24.9 Å². The van der Waals surface area contributed by atoms with E-state index in [1.165, 1.54) is 4.90 Å². The van der Waals surface area contributed by atoms with Crippen molar-refractivity contribution in [3.05, 3.63) is 24.3 Å². The van der Waals surface area contributed by atoms with E-state index < -0.39 is 34.6 Å². The highest BCUT2D eigenvalue weighted by Gasteiger charge is 2.59. The summed E-state index contributed by atoms with van der Waals surface area (Å²) in [5.41, 5.74) is -3.98. The number of anilines is 1. The van der Waals surface area contributed by atoms with Gasteiger partial charge in [0.1, 0.15) is 5.75 Å². The first-order valence-electron chi connectivity index (χ1n) is 9.62.